The van der Waals surface area contributed by atoms with Gasteiger partial charge in [-0.3, -0.25) is 0 Å². The molecule has 0 bridgehead atoms. The normalized spacial score (nSPS) is 12.3. The quantitative estimate of drug-likeness (QED) is 0.358. The molecule has 0 unspecified atom stereocenters. The molecule has 9 heteroatoms. The summed E-state index contributed by atoms with van der Waals surface area (Å²) in [5.74, 6) is 0.664. The van der Waals surface area contributed by atoms with Gasteiger partial charge in [0, 0.05) is 11.9 Å². The minimum atomic E-state index is -3.89. The molecule has 0 saturated carbocycles. The van der Waals surface area contributed by atoms with Gasteiger partial charge in [-0.25, -0.2) is 8.42 Å². The van der Waals surface area contributed by atoms with E-state index in [1.54, 1.807) is 48.5 Å². The average molecular weight is 472 g/mol. The molecular formula is C23H21NO6S2. The molecule has 1 heterocycles. The number of nitrogens with zero attached hydrogens (tertiary/aromatic N) is 1. The molecule has 4 aromatic rings. The molecule has 0 fully saturated rings. The van der Waals surface area contributed by atoms with Gasteiger partial charge < -0.3 is 8.60 Å². The molecule has 4 rings (SSSR count). The zero-order valence-corrected chi connectivity index (χ0v) is 18.8. The molecule has 0 N–H and O–H groups in total. The molecule has 7 nitrogen and oxygen atoms in total. The Bertz CT molecular complexity index is 1420. The predicted octanol–water partition coefficient (Wildman–Crippen LogP) is 4.16. The van der Waals surface area contributed by atoms with E-state index in [-0.39, 0.29) is 23.7 Å². The van der Waals surface area contributed by atoms with E-state index < -0.39 is 20.1 Å². The molecule has 0 aliphatic carbocycles. The van der Waals surface area contributed by atoms with Gasteiger partial charge in [-0.2, -0.15) is 12.7 Å². The van der Waals surface area contributed by atoms with Crippen LogP contribution < -0.4 is 4.18 Å². The molecule has 1 aromatic heterocycles. The van der Waals surface area contributed by atoms with Crippen molar-refractivity contribution >= 4 is 30.9 Å². The van der Waals surface area contributed by atoms with Gasteiger partial charge in [0.2, 0.25) is 10.0 Å². The Morgan fingerprint density at radius 3 is 2.22 bits per heavy atom. The molecule has 32 heavy (non-hydrogen) atoms. The highest BCUT2D eigenvalue weighted by atomic mass is 32.2. The van der Waals surface area contributed by atoms with Gasteiger partial charge in [0.15, 0.2) is 0 Å². The maximum absolute atomic E-state index is 13.7. The fourth-order valence-corrected chi connectivity index (χ4v) is 5.46. The van der Waals surface area contributed by atoms with Gasteiger partial charge in [0.05, 0.1) is 24.0 Å². The topological polar surface area (TPSA) is 93.9 Å². The van der Waals surface area contributed by atoms with Crippen LogP contribution in [0.5, 0.6) is 5.75 Å². The number of rotatable bonds is 8. The summed E-state index contributed by atoms with van der Waals surface area (Å²) in [6.45, 7) is 0.103. The van der Waals surface area contributed by atoms with Crippen LogP contribution in [-0.4, -0.2) is 27.4 Å². The van der Waals surface area contributed by atoms with Crippen molar-refractivity contribution < 1.29 is 25.4 Å². The largest absolute Gasteiger partial charge is 0.468 e. The third-order valence-corrected chi connectivity index (χ3v) is 7.15. The van der Waals surface area contributed by atoms with Gasteiger partial charge in [-0.05, 0) is 41.3 Å². The van der Waals surface area contributed by atoms with Crippen molar-refractivity contribution in [1.29, 1.82) is 0 Å². The highest BCUT2D eigenvalue weighted by Crippen LogP contribution is 2.28. The number of benzene rings is 3. The molecule has 0 amide bonds. The first-order valence-electron chi connectivity index (χ1n) is 9.71. The Morgan fingerprint density at radius 1 is 0.812 bits per heavy atom. The SMILES string of the molecule is CS(=O)(=O)Oc1ccc(CN(Cc2ccco2)S(=O)(=O)c2cccc3ccccc23)cc1. The van der Waals surface area contributed by atoms with Crippen molar-refractivity contribution in [3.05, 3.63) is 96.4 Å². The van der Waals surface area contributed by atoms with E-state index >= 15 is 0 Å². The summed E-state index contributed by atoms with van der Waals surface area (Å²) in [6, 6.07) is 22.2. The zero-order valence-electron chi connectivity index (χ0n) is 17.2. The molecule has 0 aliphatic rings. The first-order chi connectivity index (χ1) is 15.2. The lowest BCUT2D eigenvalue weighted by Gasteiger charge is -2.22. The second-order valence-electron chi connectivity index (χ2n) is 7.26. The smallest absolute Gasteiger partial charge is 0.306 e. The molecular weight excluding hydrogens is 450 g/mol. The third kappa shape index (κ3) is 5.01. The summed E-state index contributed by atoms with van der Waals surface area (Å²) in [7, 11) is -7.54. The van der Waals surface area contributed by atoms with Crippen molar-refractivity contribution in [1.82, 2.24) is 4.31 Å². The predicted molar refractivity (Wildman–Crippen MR) is 121 cm³/mol. The monoisotopic (exact) mass is 471 g/mol. The van der Waals surface area contributed by atoms with Crippen LogP contribution in [0.4, 0.5) is 0 Å². The Morgan fingerprint density at radius 2 is 1.53 bits per heavy atom. The maximum Gasteiger partial charge on any atom is 0.306 e. The summed E-state index contributed by atoms with van der Waals surface area (Å²) in [5, 5.41) is 1.46. The lowest BCUT2D eigenvalue weighted by atomic mass is 10.1. The summed E-state index contributed by atoms with van der Waals surface area (Å²) in [4.78, 5) is 0.208. The Kier molecular flexibility index (Phi) is 6.05. The molecule has 166 valence electrons. The zero-order chi connectivity index (χ0) is 22.8. The lowest BCUT2D eigenvalue weighted by Crippen LogP contribution is -2.30. The first kappa shape index (κ1) is 22.1. The van der Waals surface area contributed by atoms with Crippen LogP contribution in [0.1, 0.15) is 11.3 Å². The van der Waals surface area contributed by atoms with Crippen LogP contribution in [0.15, 0.2) is 94.4 Å². The minimum Gasteiger partial charge on any atom is -0.468 e. The van der Waals surface area contributed by atoms with Crippen molar-refractivity contribution in [2.45, 2.75) is 18.0 Å². The highest BCUT2D eigenvalue weighted by Gasteiger charge is 2.27. The van der Waals surface area contributed by atoms with Gasteiger partial charge >= 0.3 is 10.1 Å². The fraction of sp³-hybridized carbons (Fsp3) is 0.130. The van der Waals surface area contributed by atoms with E-state index in [0.29, 0.717) is 16.7 Å². The summed E-state index contributed by atoms with van der Waals surface area (Å²) in [6.07, 6.45) is 2.46. The number of hydrogen-bond acceptors (Lipinski definition) is 6. The standard InChI is InChI=1S/C23H21NO6S2/c1-31(25,26)30-20-13-11-18(12-14-20)16-24(17-21-8-5-15-29-21)32(27,28)23-10-4-7-19-6-2-3-9-22(19)23/h2-15H,16-17H2,1H3. The minimum absolute atomic E-state index is 0.0418. The van der Waals surface area contributed by atoms with Crippen molar-refractivity contribution in [2.24, 2.45) is 0 Å². The average Bonchev–Trinajstić information content (AvgIpc) is 3.26. The van der Waals surface area contributed by atoms with Crippen molar-refractivity contribution in [2.75, 3.05) is 6.26 Å². The van der Waals surface area contributed by atoms with Crippen molar-refractivity contribution in [3.8, 4) is 5.75 Å². The number of sulfonamides is 1. The Labute approximate surface area is 187 Å². The van der Waals surface area contributed by atoms with Gasteiger partial charge in [0.25, 0.3) is 0 Å². The fourth-order valence-electron chi connectivity index (χ4n) is 3.39. The molecule has 0 radical (unpaired) electrons. The van der Waals surface area contributed by atoms with E-state index in [4.69, 9.17) is 8.60 Å². The molecule has 0 saturated heterocycles. The van der Waals surface area contributed by atoms with E-state index in [9.17, 15) is 16.8 Å². The van der Waals surface area contributed by atoms with Crippen LogP contribution in [-0.2, 0) is 33.2 Å². The summed E-state index contributed by atoms with van der Waals surface area (Å²) >= 11 is 0. The van der Waals surface area contributed by atoms with Crippen molar-refractivity contribution in [3.63, 3.8) is 0 Å². The second kappa shape index (κ2) is 8.78. The van der Waals surface area contributed by atoms with E-state index in [0.717, 1.165) is 11.6 Å². The first-order valence-corrected chi connectivity index (χ1v) is 13.0. The van der Waals surface area contributed by atoms with Crippen LogP contribution >= 0.6 is 0 Å². The maximum atomic E-state index is 13.7. The Hall–Kier alpha value is -3.14. The Balaban J connectivity index is 1.70. The number of furan rings is 1. The molecule has 0 spiro atoms. The highest BCUT2D eigenvalue weighted by molar-refractivity contribution is 7.89. The van der Waals surface area contributed by atoms with Crippen LogP contribution in [0.3, 0.4) is 0 Å². The summed E-state index contributed by atoms with van der Waals surface area (Å²) in [5.41, 5.74) is 0.668. The van der Waals surface area contributed by atoms with Gasteiger partial charge in [0.1, 0.15) is 11.5 Å². The van der Waals surface area contributed by atoms with Gasteiger partial charge in [-0.1, -0.05) is 48.5 Å². The van der Waals surface area contributed by atoms with E-state index in [1.165, 1.54) is 22.7 Å². The second-order valence-corrected chi connectivity index (χ2v) is 10.7. The molecule has 0 atom stereocenters. The van der Waals surface area contributed by atoms with Crippen LogP contribution in [0.25, 0.3) is 10.8 Å². The van der Waals surface area contributed by atoms with Gasteiger partial charge in [-0.15, -0.1) is 0 Å². The number of hydrogen-bond donors (Lipinski definition) is 0. The summed E-state index contributed by atoms with van der Waals surface area (Å²) < 4.78 is 61.6. The third-order valence-electron chi connectivity index (χ3n) is 4.81. The van der Waals surface area contributed by atoms with E-state index in [1.807, 2.05) is 18.2 Å². The van der Waals surface area contributed by atoms with Crippen LogP contribution in [0.2, 0.25) is 0 Å². The number of fused-ring (bicyclic) bond motifs is 1. The molecule has 3 aromatic carbocycles. The molecule has 0 aliphatic heterocycles. The van der Waals surface area contributed by atoms with Crippen LogP contribution in [0, 0.1) is 0 Å². The van der Waals surface area contributed by atoms with E-state index in [2.05, 4.69) is 0 Å². The lowest BCUT2D eigenvalue weighted by molar-refractivity contribution is 0.359.